The number of carbonyl (C=O) groups excluding carboxylic acids is 1. The summed E-state index contributed by atoms with van der Waals surface area (Å²) in [4.78, 5) is 17.3. The van der Waals surface area contributed by atoms with E-state index >= 15 is 0 Å². The first-order valence-electron chi connectivity index (χ1n) is 9.11. The van der Waals surface area contributed by atoms with E-state index in [1.165, 1.54) is 11.3 Å². The molecule has 2 heterocycles. The fourth-order valence-electron chi connectivity index (χ4n) is 2.78. The minimum atomic E-state index is -0.496. The molecule has 27 heavy (non-hydrogen) atoms. The summed E-state index contributed by atoms with van der Waals surface area (Å²) in [5.41, 5.74) is 1.85. The molecule has 0 aliphatic carbocycles. The number of anilines is 1. The predicted molar refractivity (Wildman–Crippen MR) is 113 cm³/mol. The third-order valence-corrected chi connectivity index (χ3v) is 6.98. The lowest BCUT2D eigenvalue weighted by molar-refractivity contribution is -0.117. The van der Waals surface area contributed by atoms with Gasteiger partial charge in [0.15, 0.2) is 5.13 Å². The fraction of sp³-hybridized carbons (Fsp3) is 0.500. The molecule has 1 amide bonds. The number of hydrogen-bond acceptors (Lipinski definition) is 6. The summed E-state index contributed by atoms with van der Waals surface area (Å²) in [6.07, 6.45) is 2.17. The van der Waals surface area contributed by atoms with E-state index in [9.17, 15) is 4.79 Å². The number of nitrogens with zero attached hydrogens (tertiary/aromatic N) is 1. The number of aromatic nitrogens is 1. The zero-order valence-corrected chi connectivity index (χ0v) is 17.6. The van der Waals surface area contributed by atoms with Gasteiger partial charge in [0.1, 0.15) is 5.75 Å². The van der Waals surface area contributed by atoms with Crippen LogP contribution in [0, 0.1) is 5.92 Å². The van der Waals surface area contributed by atoms with Crippen LogP contribution in [0.25, 0.3) is 11.3 Å². The number of hydrogen-bond donors (Lipinski definition) is 1. The number of carbonyl (C=O) groups is 1. The molecule has 0 spiro atoms. The van der Waals surface area contributed by atoms with Gasteiger partial charge in [-0.1, -0.05) is 0 Å². The summed E-state index contributed by atoms with van der Waals surface area (Å²) in [6, 6.07) is 7.74. The smallest absolute Gasteiger partial charge is 0.241 e. The maximum Gasteiger partial charge on any atom is 0.241 e. The Hall–Kier alpha value is -1.57. The second-order valence-electron chi connectivity index (χ2n) is 7.10. The molecule has 7 heteroatoms. The molecule has 1 fully saturated rings. The van der Waals surface area contributed by atoms with E-state index in [1.807, 2.05) is 43.5 Å². The molecule has 1 aromatic carbocycles. The molecular formula is C20H26N2O3S2. The van der Waals surface area contributed by atoms with Gasteiger partial charge in [-0.25, -0.2) is 4.98 Å². The van der Waals surface area contributed by atoms with Crippen molar-refractivity contribution < 1.29 is 14.3 Å². The predicted octanol–water partition coefficient (Wildman–Crippen LogP) is 4.70. The Morgan fingerprint density at radius 1 is 1.33 bits per heavy atom. The molecule has 0 radical (unpaired) electrons. The van der Waals surface area contributed by atoms with Gasteiger partial charge in [0.05, 0.1) is 17.6 Å². The highest BCUT2D eigenvalue weighted by atomic mass is 32.2. The Bertz CT molecular complexity index is 753. The Balaban J connectivity index is 1.57. The van der Waals surface area contributed by atoms with E-state index in [1.54, 1.807) is 18.9 Å². The molecule has 2 aromatic rings. The van der Waals surface area contributed by atoms with Gasteiger partial charge < -0.3 is 14.8 Å². The molecule has 0 atom stereocenters. The molecular weight excluding hydrogens is 380 g/mol. The van der Waals surface area contributed by atoms with Crippen LogP contribution in [-0.2, 0) is 9.53 Å². The van der Waals surface area contributed by atoms with Crippen LogP contribution in [0.1, 0.15) is 26.7 Å². The van der Waals surface area contributed by atoms with E-state index < -0.39 is 4.75 Å². The van der Waals surface area contributed by atoms with Crippen LogP contribution in [0.3, 0.4) is 0 Å². The van der Waals surface area contributed by atoms with Crippen molar-refractivity contribution in [2.45, 2.75) is 31.4 Å². The molecule has 0 saturated carbocycles. The van der Waals surface area contributed by atoms with Crippen LogP contribution < -0.4 is 10.1 Å². The zero-order chi connectivity index (χ0) is 19.3. The van der Waals surface area contributed by atoms with Gasteiger partial charge >= 0.3 is 0 Å². The SMILES string of the molecule is COc1ccc(-c2csc(NC(=O)C(C)(C)SCC3CCOCC3)n2)cc1. The molecule has 146 valence electrons. The minimum Gasteiger partial charge on any atom is -0.497 e. The Morgan fingerprint density at radius 2 is 2.04 bits per heavy atom. The van der Waals surface area contributed by atoms with Crippen LogP contribution in [0.15, 0.2) is 29.6 Å². The van der Waals surface area contributed by atoms with Crippen molar-refractivity contribution in [3.05, 3.63) is 29.6 Å². The number of nitrogens with one attached hydrogen (secondary N) is 1. The molecule has 1 aliphatic rings. The summed E-state index contributed by atoms with van der Waals surface area (Å²) in [5.74, 6) is 2.43. The molecule has 5 nitrogen and oxygen atoms in total. The van der Waals surface area contributed by atoms with Gasteiger partial charge in [-0.3, -0.25) is 4.79 Å². The van der Waals surface area contributed by atoms with Crippen molar-refractivity contribution in [2.24, 2.45) is 5.92 Å². The summed E-state index contributed by atoms with van der Waals surface area (Å²) in [7, 11) is 1.65. The number of benzene rings is 1. The third-order valence-electron chi connectivity index (χ3n) is 4.68. The summed E-state index contributed by atoms with van der Waals surface area (Å²) in [5, 5.41) is 5.57. The highest BCUT2D eigenvalue weighted by Crippen LogP contribution is 2.32. The number of amides is 1. The van der Waals surface area contributed by atoms with Gasteiger partial charge in [-0.15, -0.1) is 23.1 Å². The minimum absolute atomic E-state index is 0.00445. The maximum absolute atomic E-state index is 12.7. The van der Waals surface area contributed by atoms with Crippen LogP contribution in [0.2, 0.25) is 0 Å². The van der Waals surface area contributed by atoms with Crippen molar-refractivity contribution in [1.82, 2.24) is 4.98 Å². The third kappa shape index (κ3) is 5.46. The quantitative estimate of drug-likeness (QED) is 0.722. The van der Waals surface area contributed by atoms with E-state index in [0.717, 1.165) is 48.8 Å². The lowest BCUT2D eigenvalue weighted by Crippen LogP contribution is -2.35. The van der Waals surface area contributed by atoms with Crippen molar-refractivity contribution in [3.63, 3.8) is 0 Å². The molecule has 3 rings (SSSR count). The Kier molecular flexibility index (Phi) is 6.78. The number of methoxy groups -OCH3 is 1. The zero-order valence-electron chi connectivity index (χ0n) is 16.0. The van der Waals surface area contributed by atoms with Crippen LogP contribution >= 0.6 is 23.1 Å². The number of thiazole rings is 1. The lowest BCUT2D eigenvalue weighted by Gasteiger charge is -2.27. The van der Waals surface area contributed by atoms with E-state index in [2.05, 4.69) is 10.3 Å². The molecule has 0 unspecified atom stereocenters. The molecule has 1 saturated heterocycles. The van der Waals surface area contributed by atoms with Gasteiger partial charge in [0.2, 0.25) is 5.91 Å². The Morgan fingerprint density at radius 3 is 2.70 bits per heavy atom. The summed E-state index contributed by atoms with van der Waals surface area (Å²) in [6.45, 7) is 5.63. The highest BCUT2D eigenvalue weighted by Gasteiger charge is 2.30. The van der Waals surface area contributed by atoms with Crippen molar-refractivity contribution >= 4 is 34.1 Å². The molecule has 1 N–H and O–H groups in total. The monoisotopic (exact) mass is 406 g/mol. The fourth-order valence-corrected chi connectivity index (χ4v) is 4.66. The first-order valence-corrected chi connectivity index (χ1v) is 11.0. The van der Waals surface area contributed by atoms with Gasteiger partial charge in [-0.05, 0) is 62.6 Å². The highest BCUT2D eigenvalue weighted by molar-refractivity contribution is 8.01. The van der Waals surface area contributed by atoms with Crippen LogP contribution in [-0.4, -0.2) is 41.7 Å². The molecule has 0 bridgehead atoms. The lowest BCUT2D eigenvalue weighted by atomic mass is 10.0. The molecule has 1 aromatic heterocycles. The largest absolute Gasteiger partial charge is 0.497 e. The van der Waals surface area contributed by atoms with E-state index in [-0.39, 0.29) is 5.91 Å². The maximum atomic E-state index is 12.7. The van der Waals surface area contributed by atoms with Crippen molar-refractivity contribution in [2.75, 3.05) is 31.4 Å². The van der Waals surface area contributed by atoms with Crippen molar-refractivity contribution in [3.8, 4) is 17.0 Å². The average Bonchev–Trinajstić information content (AvgIpc) is 3.16. The number of thioether (sulfide) groups is 1. The van der Waals surface area contributed by atoms with Gasteiger partial charge in [0, 0.05) is 24.2 Å². The second kappa shape index (κ2) is 9.08. The van der Waals surface area contributed by atoms with Crippen LogP contribution in [0.4, 0.5) is 5.13 Å². The number of rotatable bonds is 7. The van der Waals surface area contributed by atoms with E-state index in [0.29, 0.717) is 11.0 Å². The van der Waals surface area contributed by atoms with Crippen molar-refractivity contribution in [1.29, 1.82) is 0 Å². The number of ether oxygens (including phenoxy) is 2. The van der Waals surface area contributed by atoms with Gasteiger partial charge in [-0.2, -0.15) is 0 Å². The van der Waals surface area contributed by atoms with Gasteiger partial charge in [0.25, 0.3) is 0 Å². The molecule has 1 aliphatic heterocycles. The summed E-state index contributed by atoms with van der Waals surface area (Å²) < 4.78 is 10.1. The van der Waals surface area contributed by atoms with E-state index in [4.69, 9.17) is 9.47 Å². The average molecular weight is 407 g/mol. The topological polar surface area (TPSA) is 60.5 Å². The summed E-state index contributed by atoms with van der Waals surface area (Å²) >= 11 is 3.16. The first kappa shape index (κ1) is 20.2. The van der Waals surface area contributed by atoms with Crippen LogP contribution in [0.5, 0.6) is 5.75 Å². The first-order chi connectivity index (χ1) is 13.0. The Labute approximate surface area is 168 Å². The normalized spacial score (nSPS) is 15.5. The standard InChI is InChI=1S/C20H26N2O3S2/c1-20(2,27-12-14-8-10-25-11-9-14)18(23)22-19-21-17(13-26-19)15-4-6-16(24-3)7-5-15/h4-7,13-14H,8-12H2,1-3H3,(H,21,22,23). The second-order valence-corrected chi connectivity index (χ2v) is 9.60.